The second-order valence-corrected chi connectivity index (χ2v) is 16.7. The number of primary sulfonamides is 1. The number of halogens is 1. The highest BCUT2D eigenvalue weighted by Crippen LogP contribution is 2.54. The molecule has 0 aliphatic carbocycles. The van der Waals surface area contributed by atoms with E-state index in [0.717, 1.165) is 38.7 Å². The molecule has 3 heterocycles. The number of amides is 3. The zero-order valence-electron chi connectivity index (χ0n) is 24.9. The highest BCUT2D eigenvalue weighted by molar-refractivity contribution is 9.10. The largest absolute Gasteiger partial charge is 0.325 e. The molecule has 14 heteroatoms. The Kier molecular flexibility index (Phi) is 8.38. The van der Waals surface area contributed by atoms with Crippen LogP contribution in [0.15, 0.2) is 92.0 Å². The van der Waals surface area contributed by atoms with E-state index in [1.807, 2.05) is 24.3 Å². The molecule has 1 saturated heterocycles. The highest BCUT2D eigenvalue weighted by atomic mass is 79.9. The van der Waals surface area contributed by atoms with E-state index < -0.39 is 37.9 Å². The molecule has 10 nitrogen and oxygen atoms in total. The summed E-state index contributed by atoms with van der Waals surface area (Å²) in [5.41, 5.74) is 2.58. The lowest BCUT2D eigenvalue weighted by molar-refractivity contribution is -0.122. The summed E-state index contributed by atoms with van der Waals surface area (Å²) in [5.74, 6) is -2.58. The number of nitrogens with one attached hydrogen (secondary N) is 1. The molecule has 3 atom stereocenters. The van der Waals surface area contributed by atoms with Gasteiger partial charge in [-0.05, 0) is 65.1 Å². The van der Waals surface area contributed by atoms with Crippen molar-refractivity contribution in [3.8, 4) is 0 Å². The minimum absolute atomic E-state index is 0.103. The molecule has 2 unspecified atom stereocenters. The smallest absolute Gasteiger partial charge is 0.308 e. The van der Waals surface area contributed by atoms with E-state index in [4.69, 9.17) is 5.14 Å². The van der Waals surface area contributed by atoms with Crippen LogP contribution in [0.25, 0.3) is 0 Å². The molecule has 0 radical (unpaired) electrons. The lowest BCUT2D eigenvalue weighted by atomic mass is 9.81. The van der Waals surface area contributed by atoms with E-state index in [-0.39, 0.29) is 28.7 Å². The van der Waals surface area contributed by atoms with Gasteiger partial charge in [-0.15, -0.1) is 0 Å². The molecule has 1 aromatic heterocycles. The molecule has 0 bridgehead atoms. The van der Waals surface area contributed by atoms with Crippen LogP contribution in [0.1, 0.15) is 42.7 Å². The predicted octanol–water partition coefficient (Wildman–Crippen LogP) is 5.05. The minimum Gasteiger partial charge on any atom is -0.325 e. The van der Waals surface area contributed by atoms with E-state index in [2.05, 4.69) is 42.0 Å². The number of fused-ring (bicyclic) bond motifs is 2. The van der Waals surface area contributed by atoms with Crippen molar-refractivity contribution < 1.29 is 22.8 Å². The Labute approximate surface area is 282 Å². The molecule has 0 spiro atoms. The third-order valence-corrected chi connectivity index (χ3v) is 12.1. The second kappa shape index (κ2) is 11.9. The lowest BCUT2D eigenvalue weighted by Crippen LogP contribution is -2.33. The van der Waals surface area contributed by atoms with Gasteiger partial charge in [0.2, 0.25) is 27.7 Å². The molecular weight excluding hydrogens is 712 g/mol. The fourth-order valence-corrected chi connectivity index (χ4v) is 9.27. The van der Waals surface area contributed by atoms with E-state index in [1.54, 1.807) is 24.3 Å². The number of thioether (sulfide) groups is 1. The summed E-state index contributed by atoms with van der Waals surface area (Å²) in [7, 11) is -3.90. The zero-order chi connectivity index (χ0) is 33.1. The zero-order valence-corrected chi connectivity index (χ0v) is 28.9. The van der Waals surface area contributed by atoms with E-state index in [0.29, 0.717) is 21.3 Å². The first-order valence-corrected chi connectivity index (χ1v) is 18.2. The summed E-state index contributed by atoms with van der Waals surface area (Å²) in [5, 5.41) is 7.49. The fourth-order valence-electron chi connectivity index (χ4n) is 5.72. The van der Waals surface area contributed by atoms with Gasteiger partial charge in [-0.2, -0.15) is 0 Å². The maximum Gasteiger partial charge on any atom is 0.308 e. The first kappa shape index (κ1) is 32.4. The number of carbonyl (C=O) groups excluding carboxylic acids is 3. The van der Waals surface area contributed by atoms with Crippen molar-refractivity contribution in [3.63, 3.8) is 0 Å². The molecule has 46 heavy (non-hydrogen) atoms. The summed E-state index contributed by atoms with van der Waals surface area (Å²) < 4.78 is 25.3. The van der Waals surface area contributed by atoms with Crippen LogP contribution in [-0.4, -0.2) is 36.0 Å². The number of carbonyl (C=O) groups is 3. The van der Waals surface area contributed by atoms with Gasteiger partial charge in [-0.3, -0.25) is 23.7 Å². The first-order valence-electron chi connectivity index (χ1n) is 14.2. The molecule has 3 amide bonds. The Morgan fingerprint density at radius 1 is 0.935 bits per heavy atom. The van der Waals surface area contributed by atoms with Crippen molar-refractivity contribution in [2.24, 2.45) is 11.1 Å². The molecule has 4 aromatic rings. The topological polar surface area (TPSA) is 149 Å². The van der Waals surface area contributed by atoms with Gasteiger partial charge in [0.1, 0.15) is 11.8 Å². The van der Waals surface area contributed by atoms with Crippen molar-refractivity contribution in [1.82, 2.24) is 4.57 Å². The van der Waals surface area contributed by atoms with E-state index >= 15 is 0 Å². The number of anilines is 2. The molecular formula is C32H29BrN4O6S3. The first-order chi connectivity index (χ1) is 21.6. The molecule has 6 rings (SSSR count). The third kappa shape index (κ3) is 5.99. The Morgan fingerprint density at radius 3 is 2.15 bits per heavy atom. The van der Waals surface area contributed by atoms with Crippen LogP contribution in [0, 0.1) is 5.92 Å². The van der Waals surface area contributed by atoms with Crippen molar-refractivity contribution in [3.05, 3.63) is 103 Å². The molecule has 2 aliphatic rings. The quantitative estimate of drug-likeness (QED) is 0.263. The average molecular weight is 742 g/mol. The van der Waals surface area contributed by atoms with Crippen LogP contribution >= 0.6 is 39.0 Å². The van der Waals surface area contributed by atoms with Crippen LogP contribution in [0.5, 0.6) is 0 Å². The van der Waals surface area contributed by atoms with Gasteiger partial charge in [-0.1, -0.05) is 84.1 Å². The number of nitrogens with zero attached hydrogens (tertiary/aromatic N) is 2. The van der Waals surface area contributed by atoms with Gasteiger partial charge < -0.3 is 5.32 Å². The van der Waals surface area contributed by atoms with Crippen molar-refractivity contribution in [2.45, 2.75) is 53.8 Å². The second-order valence-electron chi connectivity index (χ2n) is 12.1. The summed E-state index contributed by atoms with van der Waals surface area (Å²) in [6.07, 6.45) is 0. The maximum absolute atomic E-state index is 14.1. The summed E-state index contributed by atoms with van der Waals surface area (Å²) >= 11 is 5.51. The van der Waals surface area contributed by atoms with E-state index in [1.165, 1.54) is 33.7 Å². The number of hydrogen-bond acceptors (Lipinski definition) is 8. The van der Waals surface area contributed by atoms with Gasteiger partial charge in [0.15, 0.2) is 0 Å². The van der Waals surface area contributed by atoms with Crippen molar-refractivity contribution in [2.75, 3.05) is 10.2 Å². The van der Waals surface area contributed by atoms with Crippen LogP contribution in [0.3, 0.4) is 0 Å². The number of thiazole rings is 1. The minimum atomic E-state index is -3.90. The Balaban J connectivity index is 1.38. The van der Waals surface area contributed by atoms with Crippen LogP contribution < -0.4 is 20.2 Å². The van der Waals surface area contributed by atoms with Gasteiger partial charge in [0.05, 0.1) is 21.5 Å². The number of hydrogen-bond donors (Lipinski definition) is 2. The van der Waals surface area contributed by atoms with Crippen LogP contribution in [0.4, 0.5) is 11.4 Å². The predicted molar refractivity (Wildman–Crippen MR) is 182 cm³/mol. The third-order valence-electron chi connectivity index (χ3n) is 8.04. The van der Waals surface area contributed by atoms with Gasteiger partial charge in [-0.25, -0.2) is 18.5 Å². The number of sulfonamides is 1. The van der Waals surface area contributed by atoms with E-state index in [9.17, 15) is 27.6 Å². The molecule has 0 saturated carbocycles. The number of aromatic nitrogens is 1. The molecule has 2 aliphatic heterocycles. The summed E-state index contributed by atoms with van der Waals surface area (Å²) in [6, 6.07) is 20.2. The average Bonchev–Trinajstić information content (AvgIpc) is 3.43. The Hall–Kier alpha value is -3.56. The number of benzene rings is 3. The number of rotatable bonds is 6. The lowest BCUT2D eigenvalue weighted by Gasteiger charge is -2.31. The highest BCUT2D eigenvalue weighted by Gasteiger charge is 2.56. The molecule has 238 valence electrons. The molecule has 1 fully saturated rings. The van der Waals surface area contributed by atoms with Crippen LogP contribution in [-0.2, 0) is 36.4 Å². The Bertz CT molecular complexity index is 2030. The number of imide groups is 1. The Morgan fingerprint density at radius 2 is 1.57 bits per heavy atom. The maximum atomic E-state index is 14.1. The van der Waals surface area contributed by atoms with Gasteiger partial charge >= 0.3 is 4.87 Å². The van der Waals surface area contributed by atoms with Gasteiger partial charge in [0.25, 0.3) is 0 Å². The monoisotopic (exact) mass is 740 g/mol. The molecule has 3 aromatic carbocycles. The summed E-state index contributed by atoms with van der Waals surface area (Å²) in [4.78, 5) is 56.0. The standard InChI is InChI=1S/C32H29BrN4O6S3/c1-32(2,3)18-6-4-17(5-7-18)24-25-26(29(40)37(28(25)39)21-12-8-19(33)9-13-21)44-30-27(24)45-31(41)36(30)16-23(38)35-20-10-14-22(15-11-20)46(34,42)43/h4-15,24-26H,16H2,1-3H3,(H,35,38)(H2,34,42,43)/t24-,25?,26?/m1/s1. The number of nitrogens with two attached hydrogens (primary N) is 1. The van der Waals surface area contributed by atoms with Gasteiger partial charge in [0, 0.05) is 21.0 Å². The summed E-state index contributed by atoms with van der Waals surface area (Å²) in [6.45, 7) is 5.97. The van der Waals surface area contributed by atoms with Crippen molar-refractivity contribution >= 4 is 78.1 Å². The van der Waals surface area contributed by atoms with Crippen molar-refractivity contribution in [1.29, 1.82) is 0 Å². The fraction of sp³-hybridized carbons (Fsp3) is 0.250. The SMILES string of the molecule is CC(C)(C)c1ccc([C@H]2c3sc(=O)n(CC(=O)Nc4ccc(S(N)(=O)=O)cc4)c3SC3C(=O)N(c4ccc(Br)cc4)C(=O)C32)cc1. The van der Waals surface area contributed by atoms with Crippen LogP contribution in [0.2, 0.25) is 0 Å². The normalized spacial score (nSPS) is 19.6. The molecule has 3 N–H and O–H groups in total.